The molecule has 0 saturated heterocycles. The predicted molar refractivity (Wildman–Crippen MR) is 104 cm³/mol. The number of nitrogens with one attached hydrogen (secondary N) is 3. The summed E-state index contributed by atoms with van der Waals surface area (Å²) in [5, 5.41) is 25.5. The number of guanidine groups is 1. The van der Waals surface area contributed by atoms with Crippen molar-refractivity contribution in [2.45, 2.75) is 63.9 Å². The predicted octanol–water partition coefficient (Wildman–Crippen LogP) is -3.67. The Hall–Kier alpha value is -2.93. The summed E-state index contributed by atoms with van der Waals surface area (Å²) >= 11 is 0. The molecule has 0 aliphatic carbocycles. The van der Waals surface area contributed by atoms with Crippen LogP contribution in [0.25, 0.3) is 0 Å². The maximum absolute atomic E-state index is 12.2. The molecule has 0 radical (unpaired) electrons. The zero-order valence-corrected chi connectivity index (χ0v) is 16.7. The normalized spacial score (nSPS) is 15.8. The minimum Gasteiger partial charge on any atom is -0.480 e. The van der Waals surface area contributed by atoms with Crippen LogP contribution in [0, 0.1) is 0 Å². The van der Waals surface area contributed by atoms with E-state index in [-0.39, 0.29) is 18.9 Å². The van der Waals surface area contributed by atoms with Gasteiger partial charge < -0.3 is 43.4 Å². The zero-order chi connectivity index (χ0) is 22.7. The number of amides is 3. The third kappa shape index (κ3) is 10.3. The molecule has 0 heterocycles. The van der Waals surface area contributed by atoms with Gasteiger partial charge in [0.2, 0.25) is 17.7 Å². The van der Waals surface area contributed by atoms with E-state index in [0.717, 1.165) is 0 Å². The number of carbonyl (C=O) groups excluding carboxylic acids is 3. The number of carbonyl (C=O) groups is 4. The fourth-order valence-corrected chi connectivity index (χ4v) is 2.06. The summed E-state index contributed by atoms with van der Waals surface area (Å²) in [5.41, 5.74) is 15.8. The first-order valence-electron chi connectivity index (χ1n) is 8.99. The Morgan fingerprint density at radius 3 is 1.86 bits per heavy atom. The van der Waals surface area contributed by atoms with Crippen LogP contribution in [0.15, 0.2) is 4.99 Å². The van der Waals surface area contributed by atoms with Crippen LogP contribution in [-0.2, 0) is 19.2 Å². The molecule has 11 N–H and O–H groups in total. The van der Waals surface area contributed by atoms with Crippen LogP contribution in [-0.4, -0.2) is 76.7 Å². The summed E-state index contributed by atoms with van der Waals surface area (Å²) in [6, 6.07) is -4.48. The molecule has 5 atom stereocenters. The Morgan fingerprint density at radius 2 is 1.41 bits per heavy atom. The fourth-order valence-electron chi connectivity index (χ4n) is 2.06. The molecule has 166 valence electrons. The van der Waals surface area contributed by atoms with Gasteiger partial charge in [0.05, 0.1) is 6.10 Å². The first-order valence-corrected chi connectivity index (χ1v) is 8.99. The van der Waals surface area contributed by atoms with E-state index < -0.39 is 54.0 Å². The Labute approximate surface area is 168 Å². The lowest BCUT2D eigenvalue weighted by atomic mass is 10.1. The van der Waals surface area contributed by atoms with Crippen LogP contribution in [0.4, 0.5) is 0 Å². The van der Waals surface area contributed by atoms with Crippen molar-refractivity contribution in [3.8, 4) is 0 Å². The molecular formula is C16H31N7O6. The summed E-state index contributed by atoms with van der Waals surface area (Å²) in [6.07, 6.45) is -0.695. The molecule has 0 aromatic heterocycles. The third-order valence-corrected chi connectivity index (χ3v) is 3.89. The summed E-state index contributed by atoms with van der Waals surface area (Å²) in [7, 11) is 0. The fraction of sp³-hybridized carbons (Fsp3) is 0.688. The maximum Gasteiger partial charge on any atom is 0.326 e. The van der Waals surface area contributed by atoms with Crippen LogP contribution < -0.4 is 33.2 Å². The van der Waals surface area contributed by atoms with E-state index in [4.69, 9.17) is 17.2 Å². The molecule has 0 aliphatic rings. The van der Waals surface area contributed by atoms with Crippen LogP contribution in [0.1, 0.15) is 33.6 Å². The standard InChI is InChI=1S/C16H31N7O6/c1-7(22-14(27)11(17)9(3)24)12(25)21-8(2)13(26)23-10(15(28)29)5-4-6-20-16(18)19/h7-11,24H,4-6,17H2,1-3H3,(H,21,25)(H,22,27)(H,23,26)(H,28,29)(H4,18,19,20). The third-order valence-electron chi connectivity index (χ3n) is 3.89. The Balaban J connectivity index is 4.64. The molecule has 0 saturated carbocycles. The quantitative estimate of drug-likeness (QED) is 0.0885. The van der Waals surface area contributed by atoms with E-state index in [9.17, 15) is 29.4 Å². The number of rotatable bonds is 12. The van der Waals surface area contributed by atoms with E-state index in [2.05, 4.69) is 20.9 Å². The van der Waals surface area contributed by atoms with E-state index in [1.165, 1.54) is 20.8 Å². The number of aliphatic carboxylic acids is 1. The van der Waals surface area contributed by atoms with E-state index in [1.54, 1.807) is 0 Å². The van der Waals surface area contributed by atoms with Crippen molar-refractivity contribution in [3.05, 3.63) is 0 Å². The summed E-state index contributed by atoms with van der Waals surface area (Å²) in [5.74, 6) is -3.49. The van der Waals surface area contributed by atoms with Crippen LogP contribution >= 0.6 is 0 Å². The Morgan fingerprint density at radius 1 is 0.931 bits per heavy atom. The van der Waals surface area contributed by atoms with Crippen molar-refractivity contribution in [3.63, 3.8) is 0 Å². The van der Waals surface area contributed by atoms with E-state index >= 15 is 0 Å². The van der Waals surface area contributed by atoms with Crippen LogP contribution in [0.2, 0.25) is 0 Å². The molecular weight excluding hydrogens is 386 g/mol. The number of hydrogen-bond acceptors (Lipinski definition) is 7. The van der Waals surface area contributed by atoms with Crippen molar-refractivity contribution < 1.29 is 29.4 Å². The van der Waals surface area contributed by atoms with Crippen molar-refractivity contribution in [1.82, 2.24) is 16.0 Å². The SMILES string of the molecule is CC(NC(=O)C(C)NC(=O)C(N)C(C)O)C(=O)NC(CCCN=C(N)N)C(=O)O. The second-order valence-corrected chi connectivity index (χ2v) is 6.58. The Bertz CT molecular complexity index is 621. The molecule has 5 unspecified atom stereocenters. The minimum absolute atomic E-state index is 0.0855. The lowest BCUT2D eigenvalue weighted by molar-refractivity contribution is -0.142. The highest BCUT2D eigenvalue weighted by molar-refractivity contribution is 5.93. The summed E-state index contributed by atoms with van der Waals surface area (Å²) < 4.78 is 0. The number of nitrogens with two attached hydrogens (primary N) is 3. The van der Waals surface area contributed by atoms with Crippen molar-refractivity contribution in [1.29, 1.82) is 0 Å². The number of hydrogen-bond donors (Lipinski definition) is 8. The first-order chi connectivity index (χ1) is 13.4. The van der Waals surface area contributed by atoms with Gasteiger partial charge >= 0.3 is 5.97 Å². The van der Waals surface area contributed by atoms with Crippen molar-refractivity contribution >= 4 is 29.7 Å². The zero-order valence-electron chi connectivity index (χ0n) is 16.7. The summed E-state index contributed by atoms with van der Waals surface area (Å²) in [6.45, 7) is 4.27. The Kier molecular flexibility index (Phi) is 11.2. The molecule has 0 fully saturated rings. The molecule has 0 rings (SSSR count). The molecule has 13 heteroatoms. The lowest BCUT2D eigenvalue weighted by Gasteiger charge is -2.22. The van der Waals surface area contributed by atoms with Gasteiger partial charge in [0.25, 0.3) is 0 Å². The molecule has 0 aliphatic heterocycles. The number of nitrogens with zero attached hydrogens (tertiary/aromatic N) is 1. The number of carboxylic acid groups (broad SMARTS) is 1. The van der Waals surface area contributed by atoms with Gasteiger partial charge in [-0.05, 0) is 33.6 Å². The van der Waals surface area contributed by atoms with Gasteiger partial charge in [-0.25, -0.2) is 4.79 Å². The second-order valence-electron chi connectivity index (χ2n) is 6.58. The molecule has 0 bridgehead atoms. The first kappa shape index (κ1) is 26.1. The van der Waals surface area contributed by atoms with E-state index in [1.807, 2.05) is 0 Å². The molecule has 29 heavy (non-hydrogen) atoms. The second kappa shape index (κ2) is 12.5. The van der Waals surface area contributed by atoms with Gasteiger partial charge in [-0.1, -0.05) is 0 Å². The number of carboxylic acids is 1. The minimum atomic E-state index is -1.24. The highest BCUT2D eigenvalue weighted by Crippen LogP contribution is 2.00. The topological polar surface area (TPSA) is 235 Å². The monoisotopic (exact) mass is 417 g/mol. The van der Waals surface area contributed by atoms with E-state index in [0.29, 0.717) is 6.42 Å². The van der Waals surface area contributed by atoms with Gasteiger partial charge in [0.1, 0.15) is 24.2 Å². The average Bonchev–Trinajstić information content (AvgIpc) is 2.62. The number of aliphatic hydroxyl groups excluding tert-OH is 1. The van der Waals surface area contributed by atoms with Gasteiger partial charge in [-0.15, -0.1) is 0 Å². The average molecular weight is 417 g/mol. The van der Waals surface area contributed by atoms with Crippen molar-refractivity contribution in [2.75, 3.05) is 6.54 Å². The lowest BCUT2D eigenvalue weighted by Crippen LogP contribution is -2.56. The van der Waals surface area contributed by atoms with Gasteiger partial charge in [-0.2, -0.15) is 0 Å². The molecule has 3 amide bonds. The molecule has 0 aromatic rings. The smallest absolute Gasteiger partial charge is 0.326 e. The highest BCUT2D eigenvalue weighted by atomic mass is 16.4. The number of aliphatic hydroxyl groups is 1. The van der Waals surface area contributed by atoms with Crippen molar-refractivity contribution in [2.24, 2.45) is 22.2 Å². The molecule has 0 spiro atoms. The van der Waals surface area contributed by atoms with Gasteiger partial charge in [0.15, 0.2) is 5.96 Å². The highest BCUT2D eigenvalue weighted by Gasteiger charge is 2.27. The maximum atomic E-state index is 12.2. The molecule has 13 nitrogen and oxygen atoms in total. The van der Waals surface area contributed by atoms with Gasteiger partial charge in [0, 0.05) is 6.54 Å². The number of aliphatic imine (C=N–C) groups is 1. The van der Waals surface area contributed by atoms with Gasteiger partial charge in [-0.3, -0.25) is 19.4 Å². The largest absolute Gasteiger partial charge is 0.480 e. The summed E-state index contributed by atoms with van der Waals surface area (Å²) in [4.78, 5) is 51.1. The van der Waals surface area contributed by atoms with Crippen LogP contribution in [0.5, 0.6) is 0 Å². The van der Waals surface area contributed by atoms with Crippen LogP contribution in [0.3, 0.4) is 0 Å². The molecule has 0 aromatic carbocycles.